The first-order chi connectivity index (χ1) is 10.2. The van der Waals surface area contributed by atoms with Crippen LogP contribution in [0, 0.1) is 5.92 Å². The van der Waals surface area contributed by atoms with Gasteiger partial charge in [0, 0.05) is 5.69 Å². The first-order valence-corrected chi connectivity index (χ1v) is 7.46. The van der Waals surface area contributed by atoms with E-state index < -0.39 is 0 Å². The van der Waals surface area contributed by atoms with Crippen molar-refractivity contribution < 1.29 is 14.3 Å². The molecular weight excluding hydrogens is 268 g/mol. The molecule has 1 aromatic rings. The zero-order chi connectivity index (χ0) is 15.1. The monoisotopic (exact) mass is 290 g/mol. The summed E-state index contributed by atoms with van der Waals surface area (Å²) in [4.78, 5) is 23.3. The van der Waals surface area contributed by atoms with Crippen LogP contribution in [-0.2, 0) is 9.53 Å². The molecule has 0 bridgehead atoms. The van der Waals surface area contributed by atoms with Gasteiger partial charge in [0.15, 0.2) is 0 Å². The lowest BCUT2D eigenvalue weighted by Crippen LogP contribution is -2.29. The van der Waals surface area contributed by atoms with E-state index in [4.69, 9.17) is 4.74 Å². The Labute approximate surface area is 125 Å². The predicted molar refractivity (Wildman–Crippen MR) is 81.2 cm³/mol. The van der Waals surface area contributed by atoms with Crippen molar-refractivity contribution in [2.24, 2.45) is 5.92 Å². The number of benzene rings is 1. The lowest BCUT2D eigenvalue weighted by Gasteiger charge is -2.07. The minimum Gasteiger partial charge on any atom is -0.462 e. The molecule has 2 N–H and O–H groups in total. The van der Waals surface area contributed by atoms with Crippen LogP contribution in [0.4, 0.5) is 5.69 Å². The van der Waals surface area contributed by atoms with Crippen LogP contribution in [0.2, 0.25) is 0 Å². The van der Waals surface area contributed by atoms with E-state index in [-0.39, 0.29) is 11.9 Å². The molecule has 2 rings (SSSR count). The molecule has 0 heterocycles. The minimum atomic E-state index is -0.333. The van der Waals surface area contributed by atoms with Crippen molar-refractivity contribution in [3.8, 4) is 0 Å². The van der Waals surface area contributed by atoms with Crippen molar-refractivity contribution in [1.29, 1.82) is 0 Å². The Morgan fingerprint density at radius 3 is 2.57 bits per heavy atom. The highest BCUT2D eigenvalue weighted by molar-refractivity contribution is 5.93. The van der Waals surface area contributed by atoms with Crippen LogP contribution in [0.1, 0.15) is 36.5 Å². The van der Waals surface area contributed by atoms with Gasteiger partial charge in [-0.1, -0.05) is 6.92 Å². The Kier molecular flexibility index (Phi) is 5.75. The molecule has 0 aliphatic heterocycles. The van der Waals surface area contributed by atoms with Gasteiger partial charge < -0.3 is 15.4 Å². The second kappa shape index (κ2) is 7.78. The van der Waals surface area contributed by atoms with E-state index in [1.54, 1.807) is 24.3 Å². The normalized spacial score (nSPS) is 13.8. The topological polar surface area (TPSA) is 67.4 Å². The van der Waals surface area contributed by atoms with E-state index in [2.05, 4.69) is 10.6 Å². The maximum absolute atomic E-state index is 11.7. The number of carbonyl (C=O) groups excluding carboxylic acids is 2. The molecule has 0 atom stereocenters. The number of hydrogen-bond donors (Lipinski definition) is 2. The fourth-order valence-electron chi connectivity index (χ4n) is 1.88. The number of esters is 1. The molecule has 21 heavy (non-hydrogen) atoms. The summed E-state index contributed by atoms with van der Waals surface area (Å²) in [5, 5.41) is 5.93. The van der Waals surface area contributed by atoms with Gasteiger partial charge in [-0.05, 0) is 56.0 Å². The molecule has 5 nitrogen and oxygen atoms in total. The number of ether oxygens (including phenoxy) is 1. The predicted octanol–water partition coefficient (Wildman–Crippen LogP) is 2.19. The van der Waals surface area contributed by atoms with Crippen molar-refractivity contribution in [2.75, 3.05) is 25.0 Å². The highest BCUT2D eigenvalue weighted by Gasteiger charge is 2.20. The third kappa shape index (κ3) is 5.55. The molecule has 1 aliphatic rings. The Balaban J connectivity index is 1.75. The van der Waals surface area contributed by atoms with Crippen molar-refractivity contribution in [2.45, 2.75) is 26.2 Å². The summed E-state index contributed by atoms with van der Waals surface area (Å²) in [6.45, 7) is 3.60. The smallest absolute Gasteiger partial charge is 0.338 e. The molecule has 114 valence electrons. The van der Waals surface area contributed by atoms with E-state index in [0.717, 1.165) is 18.9 Å². The molecule has 5 heteroatoms. The standard InChI is InChI=1S/C16H22N2O3/c1-2-9-21-16(20)13-5-7-14(8-6-13)18-15(19)11-17-10-12-3-4-12/h5-8,12,17H,2-4,9-11H2,1H3,(H,18,19). The number of anilines is 1. The molecule has 0 unspecified atom stereocenters. The van der Waals surface area contributed by atoms with Crippen molar-refractivity contribution >= 4 is 17.6 Å². The lowest BCUT2D eigenvalue weighted by atomic mass is 10.2. The number of rotatable bonds is 8. The third-order valence-electron chi connectivity index (χ3n) is 3.26. The van der Waals surface area contributed by atoms with Crippen LogP contribution in [0.5, 0.6) is 0 Å². The average molecular weight is 290 g/mol. The molecule has 1 amide bonds. The average Bonchev–Trinajstić information content (AvgIpc) is 3.29. The van der Waals surface area contributed by atoms with Crippen LogP contribution in [0.3, 0.4) is 0 Å². The van der Waals surface area contributed by atoms with E-state index in [1.807, 2.05) is 6.92 Å². The third-order valence-corrected chi connectivity index (χ3v) is 3.26. The van der Waals surface area contributed by atoms with Crippen LogP contribution in [0.15, 0.2) is 24.3 Å². The highest BCUT2D eigenvalue weighted by Crippen LogP contribution is 2.27. The van der Waals surface area contributed by atoms with Crippen LogP contribution < -0.4 is 10.6 Å². The van der Waals surface area contributed by atoms with Gasteiger partial charge in [-0.3, -0.25) is 4.79 Å². The molecule has 0 radical (unpaired) electrons. The summed E-state index contributed by atoms with van der Waals surface area (Å²) in [6, 6.07) is 6.74. The number of nitrogens with one attached hydrogen (secondary N) is 2. The molecule has 0 saturated heterocycles. The Morgan fingerprint density at radius 1 is 1.24 bits per heavy atom. The van der Waals surface area contributed by atoms with E-state index in [0.29, 0.717) is 24.4 Å². The first kappa shape index (κ1) is 15.5. The molecular formula is C16H22N2O3. The largest absolute Gasteiger partial charge is 0.462 e. The summed E-state index contributed by atoms with van der Waals surface area (Å²) < 4.78 is 5.04. The second-order valence-corrected chi connectivity index (χ2v) is 5.34. The van der Waals surface area contributed by atoms with Crippen molar-refractivity contribution in [3.05, 3.63) is 29.8 Å². The zero-order valence-corrected chi connectivity index (χ0v) is 12.4. The van der Waals surface area contributed by atoms with Crippen LogP contribution in [0.25, 0.3) is 0 Å². The van der Waals surface area contributed by atoms with Crippen molar-refractivity contribution in [1.82, 2.24) is 5.32 Å². The summed E-state index contributed by atoms with van der Waals surface area (Å²) in [6.07, 6.45) is 3.34. The molecule has 1 aliphatic carbocycles. The SMILES string of the molecule is CCCOC(=O)c1ccc(NC(=O)CNCC2CC2)cc1. The molecule has 1 saturated carbocycles. The maximum Gasteiger partial charge on any atom is 0.338 e. The highest BCUT2D eigenvalue weighted by atomic mass is 16.5. The minimum absolute atomic E-state index is 0.0723. The molecule has 0 spiro atoms. The number of hydrogen-bond acceptors (Lipinski definition) is 4. The number of carbonyl (C=O) groups is 2. The fourth-order valence-corrected chi connectivity index (χ4v) is 1.88. The fraction of sp³-hybridized carbons (Fsp3) is 0.500. The van der Waals surface area contributed by atoms with Gasteiger partial charge in [0.2, 0.25) is 5.91 Å². The van der Waals surface area contributed by atoms with E-state index >= 15 is 0 Å². The van der Waals surface area contributed by atoms with Gasteiger partial charge in [-0.2, -0.15) is 0 Å². The summed E-state index contributed by atoms with van der Waals surface area (Å²) in [5.41, 5.74) is 1.17. The van der Waals surface area contributed by atoms with Crippen molar-refractivity contribution in [3.63, 3.8) is 0 Å². The van der Waals surface area contributed by atoms with Crippen LogP contribution in [-0.4, -0.2) is 31.6 Å². The Bertz CT molecular complexity index is 481. The Hall–Kier alpha value is -1.88. The molecule has 1 aromatic carbocycles. The second-order valence-electron chi connectivity index (χ2n) is 5.34. The quantitative estimate of drug-likeness (QED) is 0.720. The van der Waals surface area contributed by atoms with Gasteiger partial charge >= 0.3 is 5.97 Å². The lowest BCUT2D eigenvalue weighted by molar-refractivity contribution is -0.115. The first-order valence-electron chi connectivity index (χ1n) is 7.46. The van der Waals surface area contributed by atoms with E-state index in [9.17, 15) is 9.59 Å². The van der Waals surface area contributed by atoms with Gasteiger partial charge in [-0.25, -0.2) is 4.79 Å². The Morgan fingerprint density at radius 2 is 1.95 bits per heavy atom. The van der Waals surface area contributed by atoms with Gasteiger partial charge in [0.05, 0.1) is 18.7 Å². The van der Waals surface area contributed by atoms with E-state index in [1.165, 1.54) is 12.8 Å². The summed E-state index contributed by atoms with van der Waals surface area (Å²) >= 11 is 0. The molecule has 0 aromatic heterocycles. The maximum atomic E-state index is 11.7. The van der Waals surface area contributed by atoms with Gasteiger partial charge in [-0.15, -0.1) is 0 Å². The van der Waals surface area contributed by atoms with Crippen LogP contribution >= 0.6 is 0 Å². The zero-order valence-electron chi connectivity index (χ0n) is 12.4. The number of amides is 1. The van der Waals surface area contributed by atoms with Gasteiger partial charge in [0.25, 0.3) is 0 Å². The van der Waals surface area contributed by atoms with Gasteiger partial charge in [0.1, 0.15) is 0 Å². The molecule has 1 fully saturated rings. The summed E-state index contributed by atoms with van der Waals surface area (Å²) in [5.74, 6) is 0.351. The summed E-state index contributed by atoms with van der Waals surface area (Å²) in [7, 11) is 0.